The average Bonchev–Trinajstić information content (AvgIpc) is 3.03. The molecule has 3 rings (SSSR count). The number of rotatable bonds is 6. The van der Waals surface area contributed by atoms with Gasteiger partial charge in [0.15, 0.2) is 0 Å². The van der Waals surface area contributed by atoms with E-state index in [9.17, 15) is 4.21 Å². The Balaban J connectivity index is 1.73. The Labute approximate surface area is 142 Å². The molecule has 2 unspecified atom stereocenters. The molecule has 0 spiro atoms. The minimum Gasteiger partial charge on any atom is -0.375 e. The second kappa shape index (κ2) is 7.34. The average molecular weight is 345 g/mol. The van der Waals surface area contributed by atoms with Crippen LogP contribution in [0.15, 0.2) is 47.8 Å². The van der Waals surface area contributed by atoms with Gasteiger partial charge in [-0.05, 0) is 23.3 Å². The zero-order valence-corrected chi connectivity index (χ0v) is 14.8. The molecule has 0 aliphatic rings. The van der Waals surface area contributed by atoms with Crippen LogP contribution in [0.4, 0.5) is 0 Å². The van der Waals surface area contributed by atoms with Crippen molar-refractivity contribution in [1.29, 1.82) is 0 Å². The second-order valence-electron chi connectivity index (χ2n) is 5.42. The van der Waals surface area contributed by atoms with Crippen LogP contribution >= 0.6 is 11.3 Å². The van der Waals surface area contributed by atoms with E-state index < -0.39 is 10.8 Å². The minimum atomic E-state index is -0.976. The predicted molar refractivity (Wildman–Crippen MR) is 97.0 cm³/mol. The van der Waals surface area contributed by atoms with Crippen LogP contribution in [0.25, 0.3) is 10.8 Å². The smallest absolute Gasteiger partial charge is 0.122 e. The first-order valence-electron chi connectivity index (χ1n) is 7.46. The molecule has 0 radical (unpaired) electrons. The van der Waals surface area contributed by atoms with E-state index in [0.29, 0.717) is 11.5 Å². The molecule has 0 amide bonds. The van der Waals surface area contributed by atoms with Crippen LogP contribution in [-0.2, 0) is 27.0 Å². The molecule has 120 valence electrons. The molecule has 0 N–H and O–H groups in total. The van der Waals surface area contributed by atoms with Gasteiger partial charge in [0.2, 0.25) is 0 Å². The zero-order chi connectivity index (χ0) is 16.2. The first kappa shape index (κ1) is 16.3. The topological polar surface area (TPSA) is 39.2 Å². The molecule has 5 heteroatoms. The van der Waals surface area contributed by atoms with Crippen LogP contribution in [0.1, 0.15) is 29.3 Å². The molecule has 2 aromatic carbocycles. The van der Waals surface area contributed by atoms with E-state index >= 15 is 0 Å². The van der Waals surface area contributed by atoms with Gasteiger partial charge in [-0.25, -0.2) is 4.98 Å². The molecular formula is C18H19NO2S2. The first-order valence-corrected chi connectivity index (χ1v) is 9.83. The molecule has 0 saturated heterocycles. The van der Waals surface area contributed by atoms with Gasteiger partial charge in [-0.3, -0.25) is 4.21 Å². The van der Waals surface area contributed by atoms with Crippen molar-refractivity contribution in [1.82, 2.24) is 4.98 Å². The Hall–Kier alpha value is -1.56. The molecule has 3 aromatic rings. The van der Waals surface area contributed by atoms with Crippen molar-refractivity contribution in [3.63, 3.8) is 0 Å². The van der Waals surface area contributed by atoms with Gasteiger partial charge < -0.3 is 4.74 Å². The summed E-state index contributed by atoms with van der Waals surface area (Å²) in [5.41, 5.74) is 2.01. The Morgan fingerprint density at radius 3 is 2.78 bits per heavy atom. The fraction of sp³-hybridized carbons (Fsp3) is 0.278. The number of fused-ring (bicyclic) bond motifs is 1. The Morgan fingerprint density at radius 2 is 1.96 bits per heavy atom. The second-order valence-corrected chi connectivity index (χ2v) is 7.77. The standard InChI is InChI=1S/C18H19NO2S2/c1-13(21-2)18-19-16(10-22-18)12-23(20)11-15-8-5-7-14-6-3-4-9-17(14)15/h3-10,13H,11-12H2,1-2H3. The molecule has 23 heavy (non-hydrogen) atoms. The maximum Gasteiger partial charge on any atom is 0.122 e. The number of thiazole rings is 1. The van der Waals surface area contributed by atoms with Crippen molar-refractivity contribution in [2.24, 2.45) is 0 Å². The Morgan fingerprint density at radius 1 is 1.17 bits per heavy atom. The summed E-state index contributed by atoms with van der Waals surface area (Å²) in [5, 5.41) is 5.28. The van der Waals surface area contributed by atoms with E-state index in [0.717, 1.165) is 16.3 Å². The lowest BCUT2D eigenvalue weighted by molar-refractivity contribution is 0.119. The molecular weight excluding hydrogens is 326 g/mol. The SMILES string of the molecule is COC(C)c1nc(CS(=O)Cc2cccc3ccccc23)cs1. The third-order valence-electron chi connectivity index (χ3n) is 3.78. The van der Waals surface area contributed by atoms with Crippen molar-refractivity contribution < 1.29 is 8.95 Å². The van der Waals surface area contributed by atoms with Crippen LogP contribution < -0.4 is 0 Å². The van der Waals surface area contributed by atoms with Gasteiger partial charge in [0, 0.05) is 29.0 Å². The molecule has 0 saturated carbocycles. The minimum absolute atomic E-state index is 0.0137. The molecule has 0 bridgehead atoms. The van der Waals surface area contributed by atoms with Gasteiger partial charge in [-0.1, -0.05) is 42.5 Å². The van der Waals surface area contributed by atoms with Gasteiger partial charge in [0.25, 0.3) is 0 Å². The summed E-state index contributed by atoms with van der Waals surface area (Å²) in [7, 11) is 0.695. The van der Waals surface area contributed by atoms with E-state index in [2.05, 4.69) is 29.2 Å². The molecule has 1 heterocycles. The van der Waals surface area contributed by atoms with E-state index in [1.807, 2.05) is 30.5 Å². The quantitative estimate of drug-likeness (QED) is 0.662. The number of hydrogen-bond acceptors (Lipinski definition) is 4. The number of hydrogen-bond donors (Lipinski definition) is 0. The summed E-state index contributed by atoms with van der Waals surface area (Å²) in [4.78, 5) is 4.53. The highest BCUT2D eigenvalue weighted by molar-refractivity contribution is 7.83. The molecule has 0 fully saturated rings. The normalized spacial score (nSPS) is 14.0. The zero-order valence-electron chi connectivity index (χ0n) is 13.2. The van der Waals surface area contributed by atoms with Crippen LogP contribution in [-0.4, -0.2) is 16.3 Å². The summed E-state index contributed by atoms with van der Waals surface area (Å²) >= 11 is 1.56. The first-order chi connectivity index (χ1) is 11.2. The highest BCUT2D eigenvalue weighted by Crippen LogP contribution is 2.23. The van der Waals surface area contributed by atoms with Crippen molar-refractivity contribution >= 4 is 32.9 Å². The fourth-order valence-corrected chi connectivity index (χ4v) is 4.62. The predicted octanol–water partition coefficient (Wildman–Crippen LogP) is 4.45. The summed E-state index contributed by atoms with van der Waals surface area (Å²) in [6.07, 6.45) is -0.0137. The number of methoxy groups -OCH3 is 1. The molecule has 0 aliphatic carbocycles. The third kappa shape index (κ3) is 3.86. The van der Waals surface area contributed by atoms with Crippen LogP contribution in [0.5, 0.6) is 0 Å². The molecule has 2 atom stereocenters. The van der Waals surface area contributed by atoms with Crippen molar-refractivity contribution in [3.8, 4) is 0 Å². The lowest BCUT2D eigenvalue weighted by Gasteiger charge is -2.06. The monoisotopic (exact) mass is 345 g/mol. The van der Waals surface area contributed by atoms with E-state index in [1.54, 1.807) is 18.4 Å². The van der Waals surface area contributed by atoms with Crippen LogP contribution in [0, 0.1) is 0 Å². The van der Waals surface area contributed by atoms with E-state index in [-0.39, 0.29) is 6.10 Å². The number of nitrogens with zero attached hydrogens (tertiary/aromatic N) is 1. The number of aromatic nitrogens is 1. The summed E-state index contributed by atoms with van der Waals surface area (Å²) in [6.45, 7) is 1.97. The highest BCUT2D eigenvalue weighted by atomic mass is 32.2. The lowest BCUT2D eigenvalue weighted by Crippen LogP contribution is -2.01. The summed E-state index contributed by atoms with van der Waals surface area (Å²) in [6, 6.07) is 14.4. The van der Waals surface area contributed by atoms with Crippen LogP contribution in [0.2, 0.25) is 0 Å². The van der Waals surface area contributed by atoms with Gasteiger partial charge >= 0.3 is 0 Å². The fourth-order valence-electron chi connectivity index (χ4n) is 2.48. The Bertz CT molecular complexity index is 823. The molecule has 0 aliphatic heterocycles. The molecule has 3 nitrogen and oxygen atoms in total. The molecule has 1 aromatic heterocycles. The van der Waals surface area contributed by atoms with Crippen molar-refractivity contribution in [2.75, 3.05) is 7.11 Å². The van der Waals surface area contributed by atoms with Crippen molar-refractivity contribution in [2.45, 2.75) is 24.5 Å². The van der Waals surface area contributed by atoms with Crippen LogP contribution in [0.3, 0.4) is 0 Å². The largest absolute Gasteiger partial charge is 0.375 e. The van der Waals surface area contributed by atoms with Gasteiger partial charge in [0.05, 0.1) is 11.4 Å². The van der Waals surface area contributed by atoms with E-state index in [1.165, 1.54) is 10.8 Å². The highest BCUT2D eigenvalue weighted by Gasteiger charge is 2.12. The van der Waals surface area contributed by atoms with Gasteiger partial charge in [-0.15, -0.1) is 11.3 Å². The number of benzene rings is 2. The van der Waals surface area contributed by atoms with Gasteiger partial charge in [-0.2, -0.15) is 0 Å². The Kier molecular flexibility index (Phi) is 5.20. The number of ether oxygens (including phenoxy) is 1. The summed E-state index contributed by atoms with van der Waals surface area (Å²) < 4.78 is 17.8. The maximum atomic E-state index is 12.5. The lowest BCUT2D eigenvalue weighted by atomic mass is 10.1. The van der Waals surface area contributed by atoms with Gasteiger partial charge in [0.1, 0.15) is 11.1 Å². The maximum absolute atomic E-state index is 12.5. The summed E-state index contributed by atoms with van der Waals surface area (Å²) in [5.74, 6) is 1.03. The third-order valence-corrected chi connectivity index (χ3v) is 6.08. The van der Waals surface area contributed by atoms with Crippen molar-refractivity contribution in [3.05, 3.63) is 64.1 Å². The van der Waals surface area contributed by atoms with E-state index in [4.69, 9.17) is 4.74 Å².